The van der Waals surface area contributed by atoms with Crippen LogP contribution in [-0.2, 0) is 23.9 Å². The molecule has 2 amide bonds. The molecule has 0 bridgehead atoms. The highest BCUT2D eigenvalue weighted by molar-refractivity contribution is 5.92. The summed E-state index contributed by atoms with van der Waals surface area (Å²) in [7, 11) is 0. The van der Waals surface area contributed by atoms with Crippen LogP contribution >= 0.6 is 0 Å². The van der Waals surface area contributed by atoms with Crippen LogP contribution in [0.15, 0.2) is 0 Å². The van der Waals surface area contributed by atoms with Crippen LogP contribution in [0.2, 0.25) is 0 Å². The number of hydrogen-bond acceptors (Lipinski definition) is 9. The molecule has 0 saturated carbocycles. The molecule has 0 aromatic carbocycles. The molecule has 1 heterocycles. The lowest BCUT2D eigenvalue weighted by Crippen LogP contribution is -2.76. The Morgan fingerprint density at radius 3 is 1.46 bits per heavy atom. The maximum Gasteiger partial charge on any atom is 0.303 e. The topological polar surface area (TPSA) is 200 Å². The molecule has 358 valence electrons. The van der Waals surface area contributed by atoms with Crippen LogP contribution in [-0.4, -0.2) is 92.2 Å². The number of hydrogen-bond donors (Lipinski definition) is 6. The van der Waals surface area contributed by atoms with Gasteiger partial charge in [0, 0.05) is 25.8 Å². The van der Waals surface area contributed by atoms with Crippen molar-refractivity contribution in [2.24, 2.45) is 17.6 Å². The second-order valence-electron chi connectivity index (χ2n) is 18.6. The van der Waals surface area contributed by atoms with Gasteiger partial charge in [-0.05, 0) is 31.6 Å². The third-order valence-electron chi connectivity index (χ3n) is 12.5. The molecule has 0 aromatic rings. The molecular formula is C49H93N3O9. The first-order valence-electron chi connectivity index (χ1n) is 25.1. The second-order valence-corrected chi connectivity index (χ2v) is 18.6. The predicted molar refractivity (Wildman–Crippen MR) is 245 cm³/mol. The first-order valence-corrected chi connectivity index (χ1v) is 25.1. The number of rotatable bonds is 40. The van der Waals surface area contributed by atoms with E-state index in [2.05, 4.69) is 19.2 Å². The number of aliphatic hydroxyl groups is 3. The molecule has 0 aromatic heterocycles. The Kier molecular flexibility index (Phi) is 32.9. The van der Waals surface area contributed by atoms with E-state index in [0.29, 0.717) is 12.8 Å². The molecular weight excluding hydrogens is 775 g/mol. The van der Waals surface area contributed by atoms with Gasteiger partial charge in [-0.15, -0.1) is 0 Å². The zero-order valence-corrected chi connectivity index (χ0v) is 39.4. The average molecular weight is 868 g/mol. The van der Waals surface area contributed by atoms with E-state index >= 15 is 0 Å². The molecule has 1 fully saturated rings. The van der Waals surface area contributed by atoms with E-state index in [1.165, 1.54) is 120 Å². The number of aliphatic hydroxyl groups excluding tert-OH is 3. The normalized spacial score (nSPS) is 20.8. The Balaban J connectivity index is 3.06. The number of carboxylic acids is 1. The number of unbranched alkanes of at least 4 members (excludes halogenated alkanes) is 25. The minimum Gasteiger partial charge on any atom is -0.481 e. The number of Topliss-reactive ketones (excluding diaryl/α,β-unsaturated/α-hetero) is 1. The van der Waals surface area contributed by atoms with Crippen molar-refractivity contribution < 1.29 is 44.3 Å². The summed E-state index contributed by atoms with van der Waals surface area (Å²) in [6, 6.07) is -1.15. The minimum absolute atomic E-state index is 0.0806. The van der Waals surface area contributed by atoms with Crippen LogP contribution in [0.5, 0.6) is 0 Å². The SMILES string of the molecule is CCCCCCCCCCCCCCCCCC(=O)N(CCCCCCCCCCCCCC)[C@]1(N)O[C@H](CO)[C@@H](O)[C@H](O)[C@H]1C(=O)[C@H](CC(C)C)NC(=O)CCCC(=O)O. The Bertz CT molecular complexity index is 1160. The third kappa shape index (κ3) is 24.5. The molecule has 0 unspecified atom stereocenters. The van der Waals surface area contributed by atoms with Gasteiger partial charge in [-0.3, -0.25) is 24.9 Å². The monoisotopic (exact) mass is 868 g/mol. The molecule has 0 spiro atoms. The van der Waals surface area contributed by atoms with E-state index in [1.54, 1.807) is 0 Å². The highest BCUT2D eigenvalue weighted by atomic mass is 16.6. The molecule has 1 rings (SSSR count). The molecule has 1 saturated heterocycles. The van der Waals surface area contributed by atoms with Gasteiger partial charge in [-0.2, -0.15) is 0 Å². The van der Waals surface area contributed by atoms with Crippen LogP contribution in [0, 0.1) is 11.8 Å². The van der Waals surface area contributed by atoms with Crippen molar-refractivity contribution in [1.82, 2.24) is 10.2 Å². The number of aliphatic carboxylic acids is 1. The predicted octanol–water partition coefficient (Wildman–Crippen LogP) is 9.47. The molecule has 6 atom stereocenters. The number of carbonyl (C=O) groups excluding carboxylic acids is 3. The number of amides is 2. The van der Waals surface area contributed by atoms with Crippen molar-refractivity contribution in [3.8, 4) is 0 Å². The van der Waals surface area contributed by atoms with E-state index in [-0.39, 0.29) is 50.5 Å². The summed E-state index contributed by atoms with van der Waals surface area (Å²) >= 11 is 0. The number of nitrogens with zero attached hydrogens (tertiary/aromatic N) is 1. The molecule has 1 aliphatic heterocycles. The number of nitrogens with two attached hydrogens (primary N) is 1. The fraction of sp³-hybridized carbons (Fsp3) is 0.918. The van der Waals surface area contributed by atoms with Gasteiger partial charge in [-0.25, -0.2) is 0 Å². The molecule has 0 aliphatic carbocycles. The highest BCUT2D eigenvalue weighted by Gasteiger charge is 2.59. The Morgan fingerprint density at radius 1 is 0.623 bits per heavy atom. The van der Waals surface area contributed by atoms with E-state index in [1.807, 2.05) is 13.8 Å². The Morgan fingerprint density at radius 2 is 1.05 bits per heavy atom. The van der Waals surface area contributed by atoms with Gasteiger partial charge in [0.25, 0.3) is 0 Å². The summed E-state index contributed by atoms with van der Waals surface area (Å²) in [5, 5.41) is 44.7. The Hall–Kier alpha value is -2.12. The van der Waals surface area contributed by atoms with Crippen molar-refractivity contribution in [2.45, 2.75) is 263 Å². The van der Waals surface area contributed by atoms with E-state index < -0.39 is 60.4 Å². The molecule has 12 heteroatoms. The van der Waals surface area contributed by atoms with E-state index in [4.69, 9.17) is 15.6 Å². The van der Waals surface area contributed by atoms with Crippen molar-refractivity contribution in [3.63, 3.8) is 0 Å². The summed E-state index contributed by atoms with van der Waals surface area (Å²) in [5.74, 6) is -6.51. The van der Waals surface area contributed by atoms with Crippen molar-refractivity contribution in [2.75, 3.05) is 13.2 Å². The van der Waals surface area contributed by atoms with Gasteiger partial charge >= 0.3 is 5.97 Å². The second kappa shape index (κ2) is 35.3. The van der Waals surface area contributed by atoms with Crippen molar-refractivity contribution in [1.29, 1.82) is 0 Å². The zero-order valence-electron chi connectivity index (χ0n) is 39.4. The summed E-state index contributed by atoms with van der Waals surface area (Å²) in [4.78, 5) is 54.3. The smallest absolute Gasteiger partial charge is 0.303 e. The maximum atomic E-state index is 14.6. The number of nitrogens with one attached hydrogen (secondary N) is 1. The van der Waals surface area contributed by atoms with Gasteiger partial charge < -0.3 is 35.4 Å². The number of ether oxygens (including phenoxy) is 1. The van der Waals surface area contributed by atoms with Crippen LogP contribution < -0.4 is 11.1 Å². The molecule has 0 radical (unpaired) electrons. The van der Waals surface area contributed by atoms with E-state index in [9.17, 15) is 34.5 Å². The first-order chi connectivity index (χ1) is 29.3. The zero-order chi connectivity index (χ0) is 45.3. The minimum atomic E-state index is -2.21. The van der Waals surface area contributed by atoms with Crippen LogP contribution in [0.1, 0.15) is 233 Å². The number of carboxylic acid groups (broad SMARTS) is 1. The van der Waals surface area contributed by atoms with Crippen molar-refractivity contribution >= 4 is 23.6 Å². The lowest BCUT2D eigenvalue weighted by Gasteiger charge is -2.53. The number of carbonyl (C=O) groups is 4. The highest BCUT2D eigenvalue weighted by Crippen LogP contribution is 2.37. The maximum absolute atomic E-state index is 14.6. The molecule has 1 aliphatic rings. The van der Waals surface area contributed by atoms with Crippen LogP contribution in [0.25, 0.3) is 0 Å². The van der Waals surface area contributed by atoms with Gasteiger partial charge in [0.05, 0.1) is 18.8 Å². The molecule has 61 heavy (non-hydrogen) atoms. The average Bonchev–Trinajstić information content (AvgIpc) is 3.21. The third-order valence-corrected chi connectivity index (χ3v) is 12.5. The van der Waals surface area contributed by atoms with Gasteiger partial charge in [0.1, 0.15) is 18.1 Å². The molecule has 7 N–H and O–H groups in total. The summed E-state index contributed by atoms with van der Waals surface area (Å²) in [6.07, 6.45) is 26.7. The fourth-order valence-electron chi connectivity index (χ4n) is 8.78. The van der Waals surface area contributed by atoms with Gasteiger partial charge in [0.2, 0.25) is 17.7 Å². The summed E-state index contributed by atoms with van der Waals surface area (Å²) < 4.78 is 6.18. The summed E-state index contributed by atoms with van der Waals surface area (Å²) in [6.45, 7) is 7.68. The van der Waals surface area contributed by atoms with Crippen LogP contribution in [0.4, 0.5) is 0 Å². The largest absolute Gasteiger partial charge is 0.481 e. The molecule has 12 nitrogen and oxygen atoms in total. The first kappa shape index (κ1) is 56.9. The van der Waals surface area contributed by atoms with Gasteiger partial charge in [-0.1, -0.05) is 188 Å². The van der Waals surface area contributed by atoms with Gasteiger partial charge in [0.15, 0.2) is 5.78 Å². The fourth-order valence-corrected chi connectivity index (χ4v) is 8.78. The summed E-state index contributed by atoms with van der Waals surface area (Å²) in [5.41, 5.74) is 7.08. The van der Waals surface area contributed by atoms with Crippen LogP contribution in [0.3, 0.4) is 0 Å². The Labute approximate surface area is 371 Å². The lowest BCUT2D eigenvalue weighted by atomic mass is 9.79. The van der Waals surface area contributed by atoms with E-state index in [0.717, 1.165) is 44.9 Å². The van der Waals surface area contributed by atoms with Crippen molar-refractivity contribution in [3.05, 3.63) is 0 Å². The quantitative estimate of drug-likeness (QED) is 0.0255. The standard InChI is InChI=1S/C49H93N3O9/c1-5-7-9-11-13-15-17-19-20-21-22-24-26-28-30-34-43(55)52(36-31-29-27-25-23-18-16-14-12-10-8-6-2)49(50)45(48(60)47(59)41(38-53)61-49)46(58)40(37-39(3)4)51-42(54)33-32-35-44(56)57/h39-41,45,47-48,53,59-60H,5-38,50H2,1-4H3,(H,51,54)(H,56,57)/t40-,41+,45+,47+,48+,49-/m0/s1. The number of ketones is 1. The lowest BCUT2D eigenvalue weighted by molar-refractivity contribution is -0.292.